The predicted molar refractivity (Wildman–Crippen MR) is 96.9 cm³/mol. The van der Waals surface area contributed by atoms with Gasteiger partial charge in [0.15, 0.2) is 0 Å². The van der Waals surface area contributed by atoms with Gasteiger partial charge >= 0.3 is 6.03 Å². The van der Waals surface area contributed by atoms with Crippen LogP contribution in [0.4, 0.5) is 4.79 Å². The van der Waals surface area contributed by atoms with Crippen LogP contribution < -0.4 is 10.1 Å². The summed E-state index contributed by atoms with van der Waals surface area (Å²) in [6, 6.07) is 8.35. The van der Waals surface area contributed by atoms with E-state index in [9.17, 15) is 4.79 Å². The number of nitrogens with one attached hydrogen (secondary N) is 1. The van der Waals surface area contributed by atoms with Gasteiger partial charge in [-0.3, -0.25) is 4.90 Å². The molecule has 1 aromatic rings. The van der Waals surface area contributed by atoms with Crippen molar-refractivity contribution in [3.8, 4) is 5.75 Å². The lowest BCUT2D eigenvalue weighted by Gasteiger charge is -2.28. The molecule has 2 fully saturated rings. The summed E-state index contributed by atoms with van der Waals surface area (Å²) in [5, 5.41) is 3.08. The molecule has 1 aromatic carbocycles. The van der Waals surface area contributed by atoms with Gasteiger partial charge in [-0.15, -0.1) is 0 Å². The van der Waals surface area contributed by atoms with E-state index in [0.717, 1.165) is 58.0 Å². The molecule has 138 valence electrons. The molecule has 2 heterocycles. The number of rotatable bonds is 6. The maximum atomic E-state index is 12.6. The molecular formula is C19H29N3O3. The van der Waals surface area contributed by atoms with E-state index in [4.69, 9.17) is 9.47 Å². The van der Waals surface area contributed by atoms with Gasteiger partial charge in [0, 0.05) is 32.7 Å². The average molecular weight is 347 g/mol. The summed E-state index contributed by atoms with van der Waals surface area (Å²) in [5.41, 5.74) is 1.18. The van der Waals surface area contributed by atoms with Crippen molar-refractivity contribution in [2.75, 3.05) is 52.5 Å². The molecule has 2 aliphatic heterocycles. The van der Waals surface area contributed by atoms with Crippen LogP contribution in [0.5, 0.6) is 5.75 Å². The molecule has 2 amide bonds. The maximum Gasteiger partial charge on any atom is 0.317 e. The molecule has 0 radical (unpaired) electrons. The molecule has 1 N–H and O–H groups in total. The molecule has 2 saturated heterocycles. The minimum Gasteiger partial charge on any atom is -0.494 e. The molecule has 1 unspecified atom stereocenters. The topological polar surface area (TPSA) is 54.0 Å². The zero-order chi connectivity index (χ0) is 17.5. The van der Waals surface area contributed by atoms with Crippen LogP contribution in [0.1, 0.15) is 31.4 Å². The van der Waals surface area contributed by atoms with E-state index in [0.29, 0.717) is 13.2 Å². The molecule has 25 heavy (non-hydrogen) atoms. The van der Waals surface area contributed by atoms with Gasteiger partial charge in [0.25, 0.3) is 0 Å². The highest BCUT2D eigenvalue weighted by Crippen LogP contribution is 2.32. The normalized spacial score (nSPS) is 21.3. The number of carbonyl (C=O) groups excluding carboxylic acids is 1. The number of urea groups is 1. The Labute approximate surface area is 150 Å². The third kappa shape index (κ3) is 4.86. The molecule has 0 spiro atoms. The summed E-state index contributed by atoms with van der Waals surface area (Å²) in [7, 11) is 0. The number of hydrogen-bond acceptors (Lipinski definition) is 4. The highest BCUT2D eigenvalue weighted by Gasteiger charge is 2.29. The fourth-order valence-corrected chi connectivity index (χ4v) is 3.56. The fraction of sp³-hybridized carbons (Fsp3) is 0.632. The van der Waals surface area contributed by atoms with E-state index in [2.05, 4.69) is 22.3 Å². The number of carbonyl (C=O) groups is 1. The van der Waals surface area contributed by atoms with Crippen molar-refractivity contribution in [2.45, 2.75) is 25.8 Å². The zero-order valence-corrected chi connectivity index (χ0v) is 15.1. The molecule has 0 saturated carbocycles. The Balaban J connectivity index is 1.50. The van der Waals surface area contributed by atoms with Crippen molar-refractivity contribution in [1.82, 2.24) is 15.1 Å². The van der Waals surface area contributed by atoms with Crippen molar-refractivity contribution in [3.63, 3.8) is 0 Å². The fourth-order valence-electron chi connectivity index (χ4n) is 3.56. The summed E-state index contributed by atoms with van der Waals surface area (Å²) < 4.78 is 10.9. The molecule has 6 heteroatoms. The number of nitrogens with zero attached hydrogens (tertiary/aromatic N) is 2. The number of likely N-dealkylation sites (tertiary alicyclic amines) is 1. The van der Waals surface area contributed by atoms with Gasteiger partial charge in [-0.1, -0.05) is 12.1 Å². The van der Waals surface area contributed by atoms with E-state index in [1.807, 2.05) is 24.0 Å². The average Bonchev–Trinajstić information content (AvgIpc) is 3.13. The number of ether oxygens (including phenoxy) is 2. The van der Waals surface area contributed by atoms with Crippen molar-refractivity contribution < 1.29 is 14.3 Å². The Morgan fingerprint density at radius 3 is 2.72 bits per heavy atom. The standard InChI is InChI=1S/C19H29N3O3/c1-2-25-17-7-5-16(6-8-17)18-4-3-10-22(18)19(23)20-9-11-21-12-14-24-15-13-21/h5-8,18H,2-4,9-15H2,1H3,(H,20,23). The van der Waals surface area contributed by atoms with E-state index in [1.54, 1.807) is 0 Å². The Kier molecular flexibility index (Phi) is 6.53. The lowest BCUT2D eigenvalue weighted by atomic mass is 10.0. The van der Waals surface area contributed by atoms with Crippen LogP contribution in [0, 0.1) is 0 Å². The molecule has 0 aliphatic carbocycles. The van der Waals surface area contributed by atoms with E-state index in [-0.39, 0.29) is 12.1 Å². The van der Waals surface area contributed by atoms with Gasteiger partial charge < -0.3 is 19.7 Å². The van der Waals surface area contributed by atoms with Gasteiger partial charge in [-0.25, -0.2) is 4.79 Å². The van der Waals surface area contributed by atoms with Crippen LogP contribution in [0.2, 0.25) is 0 Å². The second kappa shape index (κ2) is 9.06. The number of hydrogen-bond donors (Lipinski definition) is 1. The van der Waals surface area contributed by atoms with Crippen molar-refractivity contribution in [1.29, 1.82) is 0 Å². The second-order valence-electron chi connectivity index (χ2n) is 6.54. The summed E-state index contributed by atoms with van der Waals surface area (Å²) in [6.07, 6.45) is 2.07. The largest absolute Gasteiger partial charge is 0.494 e. The molecular weight excluding hydrogens is 318 g/mol. The van der Waals surface area contributed by atoms with E-state index < -0.39 is 0 Å². The lowest BCUT2D eigenvalue weighted by molar-refractivity contribution is 0.0385. The smallest absolute Gasteiger partial charge is 0.317 e. The van der Waals surface area contributed by atoms with Gasteiger partial charge in [0.05, 0.1) is 25.9 Å². The number of amides is 2. The third-order valence-corrected chi connectivity index (χ3v) is 4.90. The predicted octanol–water partition coefficient (Wildman–Crippen LogP) is 2.26. The Morgan fingerprint density at radius 2 is 2.00 bits per heavy atom. The SMILES string of the molecule is CCOc1ccc(C2CCCN2C(=O)NCCN2CCOCC2)cc1. The molecule has 1 atom stereocenters. The monoisotopic (exact) mass is 347 g/mol. The molecule has 0 aromatic heterocycles. The van der Waals surface area contributed by atoms with Crippen molar-refractivity contribution >= 4 is 6.03 Å². The minimum absolute atomic E-state index is 0.0460. The van der Waals surface area contributed by atoms with Crippen LogP contribution in [-0.2, 0) is 4.74 Å². The van der Waals surface area contributed by atoms with Crippen molar-refractivity contribution in [2.24, 2.45) is 0 Å². The molecule has 6 nitrogen and oxygen atoms in total. The quantitative estimate of drug-likeness (QED) is 0.858. The Hall–Kier alpha value is -1.79. The molecule has 2 aliphatic rings. The first-order valence-electron chi connectivity index (χ1n) is 9.35. The zero-order valence-electron chi connectivity index (χ0n) is 15.1. The van der Waals surface area contributed by atoms with Crippen LogP contribution in [0.15, 0.2) is 24.3 Å². The summed E-state index contributed by atoms with van der Waals surface area (Å²) >= 11 is 0. The third-order valence-electron chi connectivity index (χ3n) is 4.90. The molecule has 3 rings (SSSR count). The first-order chi connectivity index (χ1) is 12.3. The second-order valence-corrected chi connectivity index (χ2v) is 6.54. The maximum absolute atomic E-state index is 12.6. The minimum atomic E-state index is 0.0460. The van der Waals surface area contributed by atoms with Crippen molar-refractivity contribution in [3.05, 3.63) is 29.8 Å². The molecule has 0 bridgehead atoms. The highest BCUT2D eigenvalue weighted by molar-refractivity contribution is 5.75. The number of morpholine rings is 1. The van der Waals surface area contributed by atoms with E-state index in [1.165, 1.54) is 5.56 Å². The van der Waals surface area contributed by atoms with Gasteiger partial charge in [0.2, 0.25) is 0 Å². The Bertz CT molecular complexity index is 543. The first kappa shape index (κ1) is 18.0. The lowest BCUT2D eigenvalue weighted by Crippen LogP contribution is -2.45. The highest BCUT2D eigenvalue weighted by atomic mass is 16.5. The van der Waals surface area contributed by atoms with Gasteiger partial charge in [-0.05, 0) is 37.5 Å². The Morgan fingerprint density at radius 1 is 1.24 bits per heavy atom. The van der Waals surface area contributed by atoms with E-state index >= 15 is 0 Å². The van der Waals surface area contributed by atoms with Gasteiger partial charge in [0.1, 0.15) is 5.75 Å². The van der Waals surface area contributed by atoms with Crippen LogP contribution in [-0.4, -0.2) is 68.4 Å². The number of benzene rings is 1. The summed E-state index contributed by atoms with van der Waals surface area (Å²) in [6.45, 7) is 8.53. The first-order valence-corrected chi connectivity index (χ1v) is 9.35. The van der Waals surface area contributed by atoms with Crippen LogP contribution >= 0.6 is 0 Å². The summed E-state index contributed by atoms with van der Waals surface area (Å²) in [5.74, 6) is 0.880. The van der Waals surface area contributed by atoms with Crippen LogP contribution in [0.3, 0.4) is 0 Å². The van der Waals surface area contributed by atoms with Crippen LogP contribution in [0.25, 0.3) is 0 Å². The van der Waals surface area contributed by atoms with Gasteiger partial charge in [-0.2, -0.15) is 0 Å². The summed E-state index contributed by atoms with van der Waals surface area (Å²) in [4.78, 5) is 16.9.